The van der Waals surface area contributed by atoms with Crippen LogP contribution >= 0.6 is 0 Å². The van der Waals surface area contributed by atoms with Gasteiger partial charge in [0.2, 0.25) is 5.91 Å². The van der Waals surface area contributed by atoms with Crippen molar-refractivity contribution in [1.29, 1.82) is 0 Å². The number of hydrogen-bond donors (Lipinski definition) is 1. The first-order valence-corrected chi connectivity index (χ1v) is 8.56. The zero-order valence-corrected chi connectivity index (χ0v) is 12.9. The van der Waals surface area contributed by atoms with E-state index in [1.807, 2.05) is 6.07 Å². The van der Waals surface area contributed by atoms with E-state index in [9.17, 15) is 4.79 Å². The lowest BCUT2D eigenvalue weighted by Gasteiger charge is -2.28. The van der Waals surface area contributed by atoms with Crippen molar-refractivity contribution in [2.75, 3.05) is 6.54 Å². The van der Waals surface area contributed by atoms with E-state index in [-0.39, 0.29) is 5.91 Å². The number of aryl methyl sites for hydroxylation is 1. The molecule has 114 valence electrons. The Morgan fingerprint density at radius 2 is 1.81 bits per heavy atom. The van der Waals surface area contributed by atoms with Crippen molar-refractivity contribution in [3.8, 4) is 0 Å². The minimum atomic E-state index is 0.234. The van der Waals surface area contributed by atoms with Gasteiger partial charge in [-0.1, -0.05) is 30.3 Å². The number of hydrogen-bond acceptors (Lipinski definition) is 1. The first kappa shape index (κ1) is 14.6. The Morgan fingerprint density at radius 1 is 1.10 bits per heavy atom. The topological polar surface area (TPSA) is 29.1 Å². The summed E-state index contributed by atoms with van der Waals surface area (Å²) in [6, 6.07) is 10.4. The molecule has 2 heteroatoms. The van der Waals surface area contributed by atoms with E-state index in [1.165, 1.54) is 44.1 Å². The van der Waals surface area contributed by atoms with Gasteiger partial charge in [0.25, 0.3) is 0 Å². The summed E-state index contributed by atoms with van der Waals surface area (Å²) >= 11 is 0. The van der Waals surface area contributed by atoms with Gasteiger partial charge < -0.3 is 5.32 Å². The van der Waals surface area contributed by atoms with Crippen LogP contribution in [-0.4, -0.2) is 12.5 Å². The summed E-state index contributed by atoms with van der Waals surface area (Å²) in [4.78, 5) is 11.9. The van der Waals surface area contributed by atoms with Crippen molar-refractivity contribution in [3.63, 3.8) is 0 Å². The van der Waals surface area contributed by atoms with E-state index in [1.54, 1.807) is 0 Å². The van der Waals surface area contributed by atoms with Crippen LogP contribution in [-0.2, 0) is 11.2 Å². The van der Waals surface area contributed by atoms with Crippen LogP contribution in [0.1, 0.15) is 56.9 Å². The predicted octanol–water partition coefficient (Wildman–Crippen LogP) is 4.10. The van der Waals surface area contributed by atoms with E-state index in [4.69, 9.17) is 0 Å². The van der Waals surface area contributed by atoms with Crippen LogP contribution in [0.4, 0.5) is 0 Å². The van der Waals surface area contributed by atoms with Gasteiger partial charge in [-0.2, -0.15) is 0 Å². The molecule has 2 aliphatic rings. The van der Waals surface area contributed by atoms with Gasteiger partial charge in [0.15, 0.2) is 0 Å². The number of amides is 1. The molecule has 2 saturated carbocycles. The largest absolute Gasteiger partial charge is 0.356 e. The van der Waals surface area contributed by atoms with Crippen LogP contribution < -0.4 is 5.32 Å². The summed E-state index contributed by atoms with van der Waals surface area (Å²) in [5, 5.41) is 3.15. The van der Waals surface area contributed by atoms with Crippen molar-refractivity contribution in [3.05, 3.63) is 35.9 Å². The number of nitrogens with one attached hydrogen (secondary N) is 1. The molecule has 0 saturated heterocycles. The Bertz CT molecular complexity index is 454. The highest BCUT2D eigenvalue weighted by atomic mass is 16.1. The van der Waals surface area contributed by atoms with Crippen LogP contribution in [0.15, 0.2) is 30.3 Å². The number of carbonyl (C=O) groups is 1. The molecule has 2 fully saturated rings. The van der Waals surface area contributed by atoms with Crippen molar-refractivity contribution in [1.82, 2.24) is 5.32 Å². The van der Waals surface area contributed by atoms with Crippen molar-refractivity contribution in [2.24, 2.45) is 11.3 Å². The fraction of sp³-hybridized carbons (Fsp3) is 0.632. The average molecular weight is 285 g/mol. The molecular weight excluding hydrogens is 258 g/mol. The van der Waals surface area contributed by atoms with Crippen LogP contribution in [0.2, 0.25) is 0 Å². The summed E-state index contributed by atoms with van der Waals surface area (Å²) < 4.78 is 0. The van der Waals surface area contributed by atoms with Crippen molar-refractivity contribution < 1.29 is 4.79 Å². The fourth-order valence-corrected chi connectivity index (χ4v) is 3.62. The summed E-state index contributed by atoms with van der Waals surface area (Å²) in [7, 11) is 0. The molecule has 1 spiro atoms. The second-order valence-corrected chi connectivity index (χ2v) is 7.09. The second kappa shape index (κ2) is 6.64. The second-order valence-electron chi connectivity index (χ2n) is 7.09. The van der Waals surface area contributed by atoms with Gasteiger partial charge in [-0.3, -0.25) is 4.79 Å². The van der Waals surface area contributed by atoms with Gasteiger partial charge in [0, 0.05) is 13.0 Å². The van der Waals surface area contributed by atoms with Crippen molar-refractivity contribution >= 4 is 5.91 Å². The maximum absolute atomic E-state index is 11.9. The summed E-state index contributed by atoms with van der Waals surface area (Å²) in [6.45, 7) is 0.903. The zero-order valence-electron chi connectivity index (χ0n) is 12.9. The fourth-order valence-electron chi connectivity index (χ4n) is 3.62. The highest BCUT2D eigenvalue weighted by molar-refractivity contribution is 5.75. The molecule has 0 unspecified atom stereocenters. The van der Waals surface area contributed by atoms with Crippen LogP contribution in [0.3, 0.4) is 0 Å². The summed E-state index contributed by atoms with van der Waals surface area (Å²) in [6.07, 6.45) is 11.0. The Balaban J connectivity index is 1.28. The lowest BCUT2D eigenvalue weighted by Crippen LogP contribution is -2.31. The maximum Gasteiger partial charge on any atom is 0.220 e. The summed E-state index contributed by atoms with van der Waals surface area (Å²) in [5.41, 5.74) is 2.09. The van der Waals surface area contributed by atoms with Gasteiger partial charge in [-0.05, 0) is 68.3 Å². The Morgan fingerprint density at radius 3 is 2.48 bits per heavy atom. The predicted molar refractivity (Wildman–Crippen MR) is 86.0 cm³/mol. The van der Waals surface area contributed by atoms with Crippen molar-refractivity contribution in [2.45, 2.75) is 57.8 Å². The minimum Gasteiger partial charge on any atom is -0.356 e. The smallest absolute Gasteiger partial charge is 0.220 e. The minimum absolute atomic E-state index is 0.234. The standard InChI is InChI=1S/C19H27NO/c21-18(8-4-7-16-5-2-1-3-6-16)20-15-17-9-11-19(12-10-17)13-14-19/h1-3,5-6,17H,4,7-15H2,(H,20,21). The normalized spacial score (nSPS) is 20.4. The Labute approximate surface area is 128 Å². The molecule has 0 bridgehead atoms. The molecular formula is C19H27NO. The molecule has 0 radical (unpaired) electrons. The van der Waals surface area contributed by atoms with E-state index >= 15 is 0 Å². The first-order valence-electron chi connectivity index (χ1n) is 8.56. The van der Waals surface area contributed by atoms with Gasteiger partial charge in [0.05, 0.1) is 0 Å². The third-order valence-electron chi connectivity index (χ3n) is 5.42. The molecule has 0 atom stereocenters. The van der Waals surface area contributed by atoms with Crippen LogP contribution in [0.5, 0.6) is 0 Å². The lowest BCUT2D eigenvalue weighted by atomic mass is 9.80. The molecule has 21 heavy (non-hydrogen) atoms. The Hall–Kier alpha value is -1.31. The van der Waals surface area contributed by atoms with E-state index in [0.717, 1.165) is 30.7 Å². The highest BCUT2D eigenvalue weighted by Crippen LogP contribution is 2.56. The number of benzene rings is 1. The molecule has 1 aromatic carbocycles. The molecule has 0 aromatic heterocycles. The van der Waals surface area contributed by atoms with Crippen LogP contribution in [0.25, 0.3) is 0 Å². The first-order chi connectivity index (χ1) is 10.3. The SMILES string of the molecule is O=C(CCCc1ccccc1)NCC1CCC2(CC1)CC2. The zero-order chi connectivity index (χ0) is 14.5. The lowest BCUT2D eigenvalue weighted by molar-refractivity contribution is -0.121. The maximum atomic E-state index is 11.9. The van der Waals surface area contributed by atoms with Gasteiger partial charge in [-0.15, -0.1) is 0 Å². The molecule has 1 aromatic rings. The third kappa shape index (κ3) is 4.33. The van der Waals surface area contributed by atoms with E-state index in [2.05, 4.69) is 29.6 Å². The molecule has 0 heterocycles. The summed E-state index contributed by atoms with van der Waals surface area (Å²) in [5.74, 6) is 0.965. The molecule has 1 amide bonds. The number of rotatable bonds is 6. The van der Waals surface area contributed by atoms with Gasteiger partial charge in [-0.25, -0.2) is 0 Å². The average Bonchev–Trinajstić information content (AvgIpc) is 3.27. The molecule has 1 N–H and O–H groups in total. The number of carbonyl (C=O) groups excluding carboxylic acids is 1. The Kier molecular flexibility index (Phi) is 4.62. The van der Waals surface area contributed by atoms with Gasteiger partial charge >= 0.3 is 0 Å². The quantitative estimate of drug-likeness (QED) is 0.838. The third-order valence-corrected chi connectivity index (χ3v) is 5.42. The molecule has 0 aliphatic heterocycles. The van der Waals surface area contributed by atoms with Gasteiger partial charge in [0.1, 0.15) is 0 Å². The molecule has 3 rings (SSSR count). The van der Waals surface area contributed by atoms with E-state index < -0.39 is 0 Å². The molecule has 2 aliphatic carbocycles. The van der Waals surface area contributed by atoms with Crippen LogP contribution in [0, 0.1) is 11.3 Å². The van der Waals surface area contributed by atoms with E-state index in [0.29, 0.717) is 6.42 Å². The molecule has 2 nitrogen and oxygen atoms in total. The highest BCUT2D eigenvalue weighted by Gasteiger charge is 2.44. The monoisotopic (exact) mass is 285 g/mol.